The zero-order chi connectivity index (χ0) is 10.0. The smallest absolute Gasteiger partial charge is 0.153 e. The van der Waals surface area contributed by atoms with E-state index in [-0.39, 0.29) is 5.75 Å². The number of benzene rings is 1. The Bertz CT molecular complexity index is 350. The third-order valence-corrected chi connectivity index (χ3v) is 2.85. The van der Waals surface area contributed by atoms with Crippen LogP contribution < -0.4 is 4.74 Å². The van der Waals surface area contributed by atoms with Crippen LogP contribution in [0.3, 0.4) is 0 Å². The second kappa shape index (κ2) is 4.11. The molecule has 0 saturated carbocycles. The molecule has 0 saturated heterocycles. The van der Waals surface area contributed by atoms with Gasteiger partial charge in [-0.15, -0.1) is 0 Å². The highest BCUT2D eigenvalue weighted by molar-refractivity contribution is 9.11. The summed E-state index contributed by atoms with van der Waals surface area (Å²) in [5.41, 5.74) is 0.374. The molecule has 0 spiro atoms. The monoisotopic (exact) mass is 308 g/mol. The first kappa shape index (κ1) is 10.5. The van der Waals surface area contributed by atoms with Gasteiger partial charge in [0.05, 0.1) is 17.1 Å². The van der Waals surface area contributed by atoms with Crippen LogP contribution >= 0.6 is 31.9 Å². The van der Waals surface area contributed by atoms with Crippen molar-refractivity contribution in [2.45, 2.75) is 0 Å². The Labute approximate surface area is 92.0 Å². The van der Waals surface area contributed by atoms with Gasteiger partial charge in [0.15, 0.2) is 6.29 Å². The van der Waals surface area contributed by atoms with Gasteiger partial charge in [-0.05, 0) is 37.9 Å². The number of methoxy groups -OCH3 is 1. The number of carbonyl (C=O) groups is 1. The predicted octanol–water partition coefficient (Wildman–Crippen LogP) is 2.74. The van der Waals surface area contributed by atoms with Gasteiger partial charge in [-0.3, -0.25) is 4.79 Å². The summed E-state index contributed by atoms with van der Waals surface area (Å²) in [6.45, 7) is 0. The number of phenolic OH excluding ortho intramolecular Hbond substituents is 1. The molecule has 0 radical (unpaired) electrons. The SMILES string of the molecule is COc1c(C=O)cc(Br)c(O)c1Br. The highest BCUT2D eigenvalue weighted by Gasteiger charge is 2.14. The molecular weight excluding hydrogens is 304 g/mol. The average Bonchev–Trinajstić information content (AvgIpc) is 2.13. The first-order valence-corrected chi connectivity index (χ1v) is 4.90. The van der Waals surface area contributed by atoms with E-state index in [1.165, 1.54) is 13.2 Å². The van der Waals surface area contributed by atoms with Crippen molar-refractivity contribution >= 4 is 38.1 Å². The number of halogens is 2. The Morgan fingerprint density at radius 1 is 1.54 bits per heavy atom. The molecule has 5 heteroatoms. The molecule has 1 aromatic carbocycles. The first-order valence-electron chi connectivity index (χ1n) is 3.32. The molecule has 0 bridgehead atoms. The standard InChI is InChI=1S/C8H6Br2O3/c1-13-8-4(3-11)2-5(9)7(12)6(8)10/h2-3,12H,1H3. The summed E-state index contributed by atoms with van der Waals surface area (Å²) >= 11 is 6.23. The molecule has 0 unspecified atom stereocenters. The Kier molecular flexibility index (Phi) is 3.33. The van der Waals surface area contributed by atoms with Gasteiger partial charge >= 0.3 is 0 Å². The zero-order valence-electron chi connectivity index (χ0n) is 6.67. The molecule has 0 aliphatic carbocycles. The van der Waals surface area contributed by atoms with E-state index >= 15 is 0 Å². The molecule has 0 atom stereocenters. The van der Waals surface area contributed by atoms with Crippen molar-refractivity contribution in [2.24, 2.45) is 0 Å². The van der Waals surface area contributed by atoms with Crippen LogP contribution in [0.1, 0.15) is 10.4 Å². The van der Waals surface area contributed by atoms with Gasteiger partial charge in [0, 0.05) is 0 Å². The normalized spacial score (nSPS) is 9.77. The predicted molar refractivity (Wildman–Crippen MR) is 55.4 cm³/mol. The van der Waals surface area contributed by atoms with Crippen LogP contribution in [0.4, 0.5) is 0 Å². The van der Waals surface area contributed by atoms with Gasteiger partial charge in [0.25, 0.3) is 0 Å². The van der Waals surface area contributed by atoms with Crippen molar-refractivity contribution in [3.05, 3.63) is 20.6 Å². The maximum atomic E-state index is 10.6. The van der Waals surface area contributed by atoms with E-state index in [2.05, 4.69) is 31.9 Å². The van der Waals surface area contributed by atoms with Crippen LogP contribution in [0.15, 0.2) is 15.0 Å². The van der Waals surface area contributed by atoms with Gasteiger partial charge in [0.2, 0.25) is 0 Å². The minimum atomic E-state index is 0.0162. The number of aldehydes is 1. The molecular formula is C8H6Br2O3. The Morgan fingerprint density at radius 3 is 2.62 bits per heavy atom. The highest BCUT2D eigenvalue weighted by atomic mass is 79.9. The van der Waals surface area contributed by atoms with Crippen LogP contribution in [0, 0.1) is 0 Å². The van der Waals surface area contributed by atoms with Crippen molar-refractivity contribution in [3.8, 4) is 11.5 Å². The molecule has 0 aliphatic rings. The van der Waals surface area contributed by atoms with Crippen molar-refractivity contribution < 1.29 is 14.6 Å². The summed E-state index contributed by atoms with van der Waals surface area (Å²) in [5.74, 6) is 0.346. The van der Waals surface area contributed by atoms with Crippen LogP contribution in [0.2, 0.25) is 0 Å². The minimum absolute atomic E-state index is 0.0162. The molecule has 0 aromatic heterocycles. The molecule has 0 fully saturated rings. The maximum Gasteiger partial charge on any atom is 0.153 e. The van der Waals surface area contributed by atoms with Gasteiger partial charge in [-0.2, -0.15) is 0 Å². The fourth-order valence-corrected chi connectivity index (χ4v) is 2.22. The summed E-state index contributed by atoms with van der Waals surface area (Å²) in [5, 5.41) is 9.45. The number of rotatable bonds is 2. The van der Waals surface area contributed by atoms with E-state index in [9.17, 15) is 9.90 Å². The zero-order valence-corrected chi connectivity index (χ0v) is 9.85. The van der Waals surface area contributed by atoms with E-state index in [1.54, 1.807) is 0 Å². The second-order valence-electron chi connectivity index (χ2n) is 2.26. The molecule has 70 valence electrons. The van der Waals surface area contributed by atoms with E-state index in [0.29, 0.717) is 26.5 Å². The summed E-state index contributed by atoms with van der Waals surface area (Å²) in [4.78, 5) is 10.6. The highest BCUT2D eigenvalue weighted by Crippen LogP contribution is 2.41. The van der Waals surface area contributed by atoms with Crippen molar-refractivity contribution in [1.82, 2.24) is 0 Å². The fourth-order valence-electron chi connectivity index (χ4n) is 0.905. The van der Waals surface area contributed by atoms with Gasteiger partial charge < -0.3 is 9.84 Å². The molecule has 1 N–H and O–H groups in total. The quantitative estimate of drug-likeness (QED) is 0.855. The Morgan fingerprint density at radius 2 is 2.15 bits per heavy atom. The van der Waals surface area contributed by atoms with Gasteiger partial charge in [-0.25, -0.2) is 0 Å². The maximum absolute atomic E-state index is 10.6. The number of phenols is 1. The molecule has 0 amide bonds. The molecule has 1 aromatic rings. The number of hydrogen-bond acceptors (Lipinski definition) is 3. The van der Waals surface area contributed by atoms with Crippen LogP contribution in [0.25, 0.3) is 0 Å². The lowest BCUT2D eigenvalue weighted by atomic mass is 10.2. The van der Waals surface area contributed by atoms with Crippen LogP contribution in [-0.4, -0.2) is 18.5 Å². The van der Waals surface area contributed by atoms with E-state index in [4.69, 9.17) is 4.74 Å². The largest absolute Gasteiger partial charge is 0.505 e. The fraction of sp³-hybridized carbons (Fsp3) is 0.125. The van der Waals surface area contributed by atoms with Crippen molar-refractivity contribution in [3.63, 3.8) is 0 Å². The number of hydrogen-bond donors (Lipinski definition) is 1. The van der Waals surface area contributed by atoms with Crippen molar-refractivity contribution in [2.75, 3.05) is 7.11 Å². The average molecular weight is 310 g/mol. The minimum Gasteiger partial charge on any atom is -0.505 e. The van der Waals surface area contributed by atoms with Crippen LogP contribution in [0.5, 0.6) is 11.5 Å². The molecule has 0 heterocycles. The van der Waals surface area contributed by atoms with Gasteiger partial charge in [-0.1, -0.05) is 0 Å². The lowest BCUT2D eigenvalue weighted by molar-refractivity contribution is 0.112. The van der Waals surface area contributed by atoms with E-state index < -0.39 is 0 Å². The number of ether oxygens (including phenoxy) is 1. The number of aromatic hydroxyl groups is 1. The van der Waals surface area contributed by atoms with E-state index in [1.807, 2.05) is 0 Å². The lowest BCUT2D eigenvalue weighted by Gasteiger charge is -2.08. The summed E-state index contributed by atoms with van der Waals surface area (Å²) < 4.78 is 5.76. The third-order valence-electron chi connectivity index (χ3n) is 1.51. The van der Waals surface area contributed by atoms with Crippen molar-refractivity contribution in [1.29, 1.82) is 0 Å². The Hall–Kier alpha value is -0.550. The Balaban J connectivity index is 3.47. The third kappa shape index (κ3) is 1.86. The van der Waals surface area contributed by atoms with Crippen LogP contribution in [-0.2, 0) is 0 Å². The molecule has 13 heavy (non-hydrogen) atoms. The topological polar surface area (TPSA) is 46.5 Å². The van der Waals surface area contributed by atoms with Gasteiger partial charge in [0.1, 0.15) is 16.0 Å². The lowest BCUT2D eigenvalue weighted by Crippen LogP contribution is -1.92. The molecule has 3 nitrogen and oxygen atoms in total. The second-order valence-corrected chi connectivity index (χ2v) is 3.91. The molecule has 0 aliphatic heterocycles. The first-order chi connectivity index (χ1) is 6.11. The summed E-state index contributed by atoms with van der Waals surface area (Å²) in [7, 11) is 1.43. The summed E-state index contributed by atoms with van der Waals surface area (Å²) in [6.07, 6.45) is 0.661. The molecule has 1 rings (SSSR count). The van der Waals surface area contributed by atoms with E-state index in [0.717, 1.165) is 0 Å². The number of carbonyl (C=O) groups excluding carboxylic acids is 1. The summed E-state index contributed by atoms with van der Waals surface area (Å²) in [6, 6.07) is 1.49.